The number of ether oxygens (including phenoxy) is 1. The van der Waals surface area contributed by atoms with Gasteiger partial charge < -0.3 is 9.64 Å². The van der Waals surface area contributed by atoms with Crippen molar-refractivity contribution in [2.45, 2.75) is 19.9 Å². The molecule has 31 heavy (non-hydrogen) atoms. The number of methoxy groups -OCH3 is 1. The van der Waals surface area contributed by atoms with E-state index in [-0.39, 0.29) is 24.0 Å². The molecular weight excluding hydrogens is 395 g/mol. The minimum Gasteiger partial charge on any atom is -0.497 e. The Bertz CT molecular complexity index is 1140. The molecule has 0 radical (unpaired) electrons. The highest BCUT2D eigenvalue weighted by Crippen LogP contribution is 2.37. The van der Waals surface area contributed by atoms with Crippen molar-refractivity contribution in [2.75, 3.05) is 23.5 Å². The van der Waals surface area contributed by atoms with E-state index in [1.54, 1.807) is 43.5 Å². The van der Waals surface area contributed by atoms with E-state index in [4.69, 9.17) is 4.74 Å². The van der Waals surface area contributed by atoms with Crippen molar-refractivity contribution in [3.63, 3.8) is 0 Å². The summed E-state index contributed by atoms with van der Waals surface area (Å²) in [5.41, 5.74) is 3.30. The zero-order valence-electron chi connectivity index (χ0n) is 17.6. The van der Waals surface area contributed by atoms with Crippen LogP contribution in [0.4, 0.5) is 15.8 Å². The molecule has 1 saturated heterocycles. The molecule has 158 valence electrons. The smallest absolute Gasteiger partial charge is 0.255 e. The SMILES string of the molecule is COc1ccc([C@H]2C(=O)N(c3cccc(C)c3C)CC(=O)N2c2ccccc2F)cc1. The molecule has 0 spiro atoms. The van der Waals surface area contributed by atoms with Gasteiger partial charge in [0.15, 0.2) is 0 Å². The maximum absolute atomic E-state index is 14.7. The van der Waals surface area contributed by atoms with Crippen LogP contribution in [0, 0.1) is 19.7 Å². The minimum atomic E-state index is -0.996. The van der Waals surface area contributed by atoms with Crippen molar-refractivity contribution in [3.05, 3.63) is 89.2 Å². The fourth-order valence-corrected chi connectivity index (χ4v) is 3.92. The molecule has 0 unspecified atom stereocenters. The zero-order chi connectivity index (χ0) is 22.1. The van der Waals surface area contributed by atoms with Crippen molar-refractivity contribution in [1.82, 2.24) is 0 Å². The summed E-state index contributed by atoms with van der Waals surface area (Å²) >= 11 is 0. The quantitative estimate of drug-likeness (QED) is 0.624. The zero-order valence-corrected chi connectivity index (χ0v) is 17.6. The molecule has 3 aromatic carbocycles. The van der Waals surface area contributed by atoms with Gasteiger partial charge in [-0.3, -0.25) is 14.5 Å². The molecule has 3 aromatic rings. The molecule has 5 nitrogen and oxygen atoms in total. The molecule has 6 heteroatoms. The van der Waals surface area contributed by atoms with E-state index in [1.165, 1.54) is 21.9 Å². The van der Waals surface area contributed by atoms with Gasteiger partial charge in [-0.25, -0.2) is 4.39 Å². The first-order chi connectivity index (χ1) is 14.9. The van der Waals surface area contributed by atoms with E-state index in [0.717, 1.165) is 11.1 Å². The van der Waals surface area contributed by atoms with Crippen LogP contribution in [0.2, 0.25) is 0 Å². The van der Waals surface area contributed by atoms with Gasteiger partial charge in [-0.05, 0) is 60.9 Å². The molecular formula is C25H23FN2O3. The van der Waals surface area contributed by atoms with Gasteiger partial charge in [-0.1, -0.05) is 36.4 Å². The van der Waals surface area contributed by atoms with Crippen LogP contribution in [0.15, 0.2) is 66.7 Å². The molecule has 0 aliphatic carbocycles. The third kappa shape index (κ3) is 3.65. The number of piperazine rings is 1. The summed E-state index contributed by atoms with van der Waals surface area (Å²) in [4.78, 5) is 29.8. The second-order valence-electron chi connectivity index (χ2n) is 7.53. The van der Waals surface area contributed by atoms with Crippen LogP contribution in [0.1, 0.15) is 22.7 Å². The van der Waals surface area contributed by atoms with Crippen molar-refractivity contribution in [1.29, 1.82) is 0 Å². The fourth-order valence-electron chi connectivity index (χ4n) is 3.92. The highest BCUT2D eigenvalue weighted by Gasteiger charge is 2.43. The second-order valence-corrected chi connectivity index (χ2v) is 7.53. The number of aryl methyl sites for hydroxylation is 1. The van der Waals surface area contributed by atoms with Gasteiger partial charge >= 0.3 is 0 Å². The Kier molecular flexibility index (Phi) is 5.46. The van der Waals surface area contributed by atoms with Gasteiger partial charge in [-0.2, -0.15) is 0 Å². The van der Waals surface area contributed by atoms with Crippen molar-refractivity contribution >= 4 is 23.2 Å². The minimum absolute atomic E-state index is 0.0854. The fraction of sp³-hybridized carbons (Fsp3) is 0.200. The molecule has 4 rings (SSSR count). The normalized spacial score (nSPS) is 16.6. The number of nitrogens with zero attached hydrogens (tertiary/aromatic N) is 2. The van der Waals surface area contributed by atoms with E-state index in [9.17, 15) is 14.0 Å². The maximum atomic E-state index is 14.7. The standard InChI is InChI=1S/C25H23FN2O3/c1-16-7-6-10-21(17(16)2)27-15-23(29)28(22-9-5-4-8-20(22)26)24(25(27)30)18-11-13-19(31-3)14-12-18/h4-14,24H,15H2,1-3H3/t24-/m0/s1. The maximum Gasteiger partial charge on any atom is 0.255 e. The summed E-state index contributed by atoms with van der Waals surface area (Å²) < 4.78 is 19.9. The van der Waals surface area contributed by atoms with E-state index >= 15 is 0 Å². The molecule has 0 bridgehead atoms. The van der Waals surface area contributed by atoms with Gasteiger partial charge in [0.05, 0.1) is 12.8 Å². The molecule has 1 heterocycles. The third-order valence-corrected chi connectivity index (χ3v) is 5.73. The Labute approximate surface area is 180 Å². The average Bonchev–Trinajstić information content (AvgIpc) is 2.78. The van der Waals surface area contributed by atoms with Crippen LogP contribution in [0.3, 0.4) is 0 Å². The van der Waals surface area contributed by atoms with Crippen LogP contribution in [-0.4, -0.2) is 25.5 Å². The van der Waals surface area contributed by atoms with Gasteiger partial charge in [0.1, 0.15) is 24.2 Å². The van der Waals surface area contributed by atoms with Crippen LogP contribution in [0.25, 0.3) is 0 Å². The van der Waals surface area contributed by atoms with Crippen LogP contribution in [-0.2, 0) is 9.59 Å². The third-order valence-electron chi connectivity index (χ3n) is 5.73. The van der Waals surface area contributed by atoms with Gasteiger partial charge in [0.25, 0.3) is 5.91 Å². The number of rotatable bonds is 4. The molecule has 2 amide bonds. The van der Waals surface area contributed by atoms with Gasteiger partial charge in [-0.15, -0.1) is 0 Å². The summed E-state index contributed by atoms with van der Waals surface area (Å²) in [6.45, 7) is 3.72. The topological polar surface area (TPSA) is 49.9 Å². The Morgan fingerprint density at radius 3 is 2.26 bits per heavy atom. The van der Waals surface area contributed by atoms with Crippen molar-refractivity contribution in [3.8, 4) is 5.75 Å². The Morgan fingerprint density at radius 2 is 1.58 bits per heavy atom. The van der Waals surface area contributed by atoms with Gasteiger partial charge in [0, 0.05) is 5.69 Å². The number of hydrogen-bond acceptors (Lipinski definition) is 3. The van der Waals surface area contributed by atoms with Crippen molar-refractivity contribution in [2.24, 2.45) is 0 Å². The Hall–Kier alpha value is -3.67. The summed E-state index contributed by atoms with van der Waals surface area (Å²) in [6, 6.07) is 17.6. The van der Waals surface area contributed by atoms with Crippen molar-refractivity contribution < 1.29 is 18.7 Å². The van der Waals surface area contributed by atoms with E-state index < -0.39 is 11.9 Å². The molecule has 0 aromatic heterocycles. The highest BCUT2D eigenvalue weighted by molar-refractivity contribution is 6.14. The number of amides is 2. The summed E-state index contributed by atoms with van der Waals surface area (Å²) in [5, 5.41) is 0. The number of para-hydroxylation sites is 1. The lowest BCUT2D eigenvalue weighted by molar-refractivity contribution is -0.128. The number of carbonyl (C=O) groups is 2. The molecule has 1 aliphatic heterocycles. The van der Waals surface area contributed by atoms with E-state index in [0.29, 0.717) is 17.0 Å². The first kappa shape index (κ1) is 20.6. The van der Waals surface area contributed by atoms with Crippen LogP contribution < -0.4 is 14.5 Å². The first-order valence-electron chi connectivity index (χ1n) is 10.0. The lowest BCUT2D eigenvalue weighted by Crippen LogP contribution is -2.56. The number of benzene rings is 3. The predicted octanol–water partition coefficient (Wildman–Crippen LogP) is 4.57. The Morgan fingerprint density at radius 1 is 0.903 bits per heavy atom. The average molecular weight is 418 g/mol. The second kappa shape index (κ2) is 8.22. The number of hydrogen-bond donors (Lipinski definition) is 0. The predicted molar refractivity (Wildman–Crippen MR) is 118 cm³/mol. The van der Waals surface area contributed by atoms with E-state index in [1.807, 2.05) is 32.0 Å². The molecule has 0 N–H and O–H groups in total. The molecule has 1 fully saturated rings. The molecule has 1 aliphatic rings. The number of anilines is 2. The van der Waals surface area contributed by atoms with E-state index in [2.05, 4.69) is 0 Å². The van der Waals surface area contributed by atoms with Crippen LogP contribution >= 0.6 is 0 Å². The van der Waals surface area contributed by atoms with Crippen LogP contribution in [0.5, 0.6) is 5.75 Å². The monoisotopic (exact) mass is 418 g/mol. The lowest BCUT2D eigenvalue weighted by Gasteiger charge is -2.41. The first-order valence-corrected chi connectivity index (χ1v) is 10.0. The summed E-state index contributed by atoms with van der Waals surface area (Å²) in [7, 11) is 1.55. The highest BCUT2D eigenvalue weighted by atomic mass is 19.1. The van der Waals surface area contributed by atoms with Gasteiger partial charge in [0.2, 0.25) is 5.91 Å². The number of carbonyl (C=O) groups excluding carboxylic acids is 2. The Balaban J connectivity index is 1.85. The number of halogens is 1. The molecule has 1 atom stereocenters. The molecule has 0 saturated carbocycles. The lowest BCUT2D eigenvalue weighted by atomic mass is 9.98. The summed E-state index contributed by atoms with van der Waals surface area (Å²) in [6.07, 6.45) is 0. The summed E-state index contributed by atoms with van der Waals surface area (Å²) in [5.74, 6) is -0.572. The largest absolute Gasteiger partial charge is 0.497 e.